The summed E-state index contributed by atoms with van der Waals surface area (Å²) < 4.78 is 5.78. The molecule has 0 spiro atoms. The predicted octanol–water partition coefficient (Wildman–Crippen LogP) is 4.37. The molecule has 0 aromatic carbocycles. The summed E-state index contributed by atoms with van der Waals surface area (Å²) in [5, 5.41) is 0. The Bertz CT molecular complexity index is 434. The Morgan fingerprint density at radius 1 is 1.04 bits per heavy atom. The number of methoxy groups -OCH3 is 1. The van der Waals surface area contributed by atoms with Crippen LogP contribution in [0.25, 0.3) is 0 Å². The topological polar surface area (TPSA) is 12.5 Å². The largest absolute Gasteiger partial charge is 0.381 e. The Morgan fingerprint density at radius 2 is 1.83 bits per heavy atom. The second kappa shape index (κ2) is 6.14. The van der Waals surface area contributed by atoms with E-state index >= 15 is 0 Å². The van der Waals surface area contributed by atoms with E-state index in [2.05, 4.69) is 31.0 Å². The first-order valence-corrected chi connectivity index (χ1v) is 13.8. The SMILES string of the molecule is COC1CCC2C(C1)C1[CH]C3CCCCC3C1N2C[Si](C)(C)C. The van der Waals surface area contributed by atoms with E-state index in [0.717, 1.165) is 35.8 Å². The van der Waals surface area contributed by atoms with Gasteiger partial charge < -0.3 is 4.74 Å². The maximum atomic E-state index is 5.78. The smallest absolute Gasteiger partial charge is 0.0599 e. The van der Waals surface area contributed by atoms with Gasteiger partial charge in [-0.05, 0) is 68.4 Å². The molecule has 4 fully saturated rings. The highest BCUT2D eigenvalue weighted by Gasteiger charge is 2.58. The van der Waals surface area contributed by atoms with Crippen LogP contribution in [-0.4, -0.2) is 44.4 Å². The molecule has 1 radical (unpaired) electrons. The number of ether oxygens (including phenoxy) is 1. The minimum absolute atomic E-state index is 0.528. The van der Waals surface area contributed by atoms with Gasteiger partial charge in [-0.3, -0.25) is 4.90 Å². The van der Waals surface area contributed by atoms with Crippen molar-refractivity contribution in [2.24, 2.45) is 23.7 Å². The number of hydrogen-bond acceptors (Lipinski definition) is 2. The van der Waals surface area contributed by atoms with Crippen molar-refractivity contribution in [1.82, 2.24) is 4.90 Å². The quantitative estimate of drug-likeness (QED) is 0.711. The van der Waals surface area contributed by atoms with Gasteiger partial charge in [0.25, 0.3) is 0 Å². The van der Waals surface area contributed by atoms with Gasteiger partial charge in [0, 0.05) is 19.2 Å². The van der Waals surface area contributed by atoms with Gasteiger partial charge >= 0.3 is 0 Å². The van der Waals surface area contributed by atoms with Crippen LogP contribution < -0.4 is 0 Å². The minimum atomic E-state index is -1.06. The fourth-order valence-electron chi connectivity index (χ4n) is 6.58. The maximum Gasteiger partial charge on any atom is 0.0599 e. The average Bonchev–Trinajstić information content (AvgIpc) is 3.02. The first-order chi connectivity index (χ1) is 11.0. The van der Waals surface area contributed by atoms with Crippen LogP contribution in [0, 0.1) is 30.1 Å². The van der Waals surface area contributed by atoms with Gasteiger partial charge in [0.05, 0.1) is 14.2 Å². The normalized spacial score (nSPS) is 47.2. The van der Waals surface area contributed by atoms with E-state index in [1.165, 1.54) is 51.1 Å². The Hall–Kier alpha value is 0.137. The van der Waals surface area contributed by atoms with Crippen molar-refractivity contribution in [2.45, 2.75) is 82.8 Å². The van der Waals surface area contributed by atoms with E-state index in [4.69, 9.17) is 4.74 Å². The predicted molar refractivity (Wildman–Crippen MR) is 99.0 cm³/mol. The van der Waals surface area contributed by atoms with Gasteiger partial charge in [0.15, 0.2) is 0 Å². The zero-order chi connectivity index (χ0) is 16.2. The Labute approximate surface area is 144 Å². The molecule has 131 valence electrons. The van der Waals surface area contributed by atoms with Crippen LogP contribution in [0.5, 0.6) is 0 Å². The summed E-state index contributed by atoms with van der Waals surface area (Å²) >= 11 is 0. The summed E-state index contributed by atoms with van der Waals surface area (Å²) in [6.45, 7) is 7.69. The molecule has 0 N–H and O–H groups in total. The van der Waals surface area contributed by atoms with Crippen LogP contribution in [0.4, 0.5) is 0 Å². The fraction of sp³-hybridized carbons (Fsp3) is 0.950. The van der Waals surface area contributed by atoms with E-state index in [0.29, 0.717) is 6.10 Å². The molecule has 7 atom stereocenters. The van der Waals surface area contributed by atoms with Gasteiger partial charge in [0.1, 0.15) is 0 Å². The van der Waals surface area contributed by atoms with E-state index in [9.17, 15) is 0 Å². The number of nitrogens with zero attached hydrogens (tertiary/aromatic N) is 1. The average molecular weight is 335 g/mol. The molecule has 1 aliphatic heterocycles. The van der Waals surface area contributed by atoms with Gasteiger partial charge in [-0.15, -0.1) is 0 Å². The Balaban J connectivity index is 1.61. The molecule has 23 heavy (non-hydrogen) atoms. The lowest BCUT2D eigenvalue weighted by molar-refractivity contribution is 0.0243. The molecule has 1 saturated heterocycles. The minimum Gasteiger partial charge on any atom is -0.381 e. The molecular weight excluding hydrogens is 298 g/mol. The molecule has 4 rings (SSSR count). The molecule has 7 unspecified atom stereocenters. The second-order valence-corrected chi connectivity index (χ2v) is 15.4. The molecule has 0 bridgehead atoms. The highest BCUT2D eigenvalue weighted by atomic mass is 28.3. The third-order valence-corrected chi connectivity index (χ3v) is 8.60. The first kappa shape index (κ1) is 16.6. The number of hydrogen-bond donors (Lipinski definition) is 0. The number of likely N-dealkylation sites (tertiary alicyclic amines) is 1. The molecule has 1 heterocycles. The summed E-state index contributed by atoms with van der Waals surface area (Å²) in [5.74, 6) is 3.69. The van der Waals surface area contributed by atoms with E-state index in [-0.39, 0.29) is 0 Å². The summed E-state index contributed by atoms with van der Waals surface area (Å²) in [4.78, 5) is 3.06. The van der Waals surface area contributed by atoms with E-state index < -0.39 is 8.07 Å². The van der Waals surface area contributed by atoms with Crippen molar-refractivity contribution in [3.8, 4) is 0 Å². The van der Waals surface area contributed by atoms with Crippen LogP contribution in [0.3, 0.4) is 0 Å². The number of rotatable bonds is 3. The van der Waals surface area contributed by atoms with E-state index in [1.54, 1.807) is 0 Å². The van der Waals surface area contributed by atoms with Crippen molar-refractivity contribution >= 4 is 8.07 Å². The third kappa shape index (κ3) is 2.95. The fourth-order valence-corrected chi connectivity index (χ4v) is 8.12. The number of fused-ring (bicyclic) bond motifs is 5. The molecule has 3 aliphatic carbocycles. The summed E-state index contributed by atoms with van der Waals surface area (Å²) in [6, 6.07) is 1.75. The monoisotopic (exact) mass is 334 g/mol. The van der Waals surface area contributed by atoms with Crippen LogP contribution in [0.1, 0.15) is 44.9 Å². The molecule has 0 aromatic heterocycles. The highest BCUT2D eigenvalue weighted by Crippen LogP contribution is 2.57. The van der Waals surface area contributed by atoms with Gasteiger partial charge in [0.2, 0.25) is 0 Å². The van der Waals surface area contributed by atoms with Gasteiger partial charge in [-0.2, -0.15) is 0 Å². The van der Waals surface area contributed by atoms with Crippen molar-refractivity contribution in [3.05, 3.63) is 6.42 Å². The maximum absolute atomic E-state index is 5.78. The second-order valence-electron chi connectivity index (χ2n) is 10.0. The molecule has 0 aromatic rings. The van der Waals surface area contributed by atoms with Crippen LogP contribution in [0.15, 0.2) is 0 Å². The molecule has 4 aliphatic rings. The van der Waals surface area contributed by atoms with Crippen molar-refractivity contribution in [1.29, 1.82) is 0 Å². The molecule has 2 nitrogen and oxygen atoms in total. The van der Waals surface area contributed by atoms with Gasteiger partial charge in [-0.1, -0.05) is 32.5 Å². The van der Waals surface area contributed by atoms with Crippen LogP contribution >= 0.6 is 0 Å². The van der Waals surface area contributed by atoms with E-state index in [1.807, 2.05) is 7.11 Å². The summed E-state index contributed by atoms with van der Waals surface area (Å²) in [7, 11) is 0.866. The first-order valence-electron chi connectivity index (χ1n) is 10.1. The standard InChI is InChI=1S/C20H36NOSi/c1-22-15-9-10-19-17(12-15)18-11-14-7-5-6-8-16(14)20(18)21(19)13-23(2,3)4/h11,14-20H,5-10,12-13H2,1-4H3. The lowest BCUT2D eigenvalue weighted by Gasteiger charge is -2.42. The Morgan fingerprint density at radius 3 is 2.57 bits per heavy atom. The Kier molecular flexibility index (Phi) is 4.43. The van der Waals surface area contributed by atoms with Crippen molar-refractivity contribution in [2.75, 3.05) is 13.3 Å². The van der Waals surface area contributed by atoms with Crippen LogP contribution in [-0.2, 0) is 4.74 Å². The molecule has 3 heteroatoms. The molecule has 0 amide bonds. The lowest BCUT2D eigenvalue weighted by atomic mass is 9.76. The third-order valence-electron chi connectivity index (χ3n) is 7.28. The van der Waals surface area contributed by atoms with Gasteiger partial charge in [-0.25, -0.2) is 0 Å². The lowest BCUT2D eigenvalue weighted by Crippen LogP contribution is -2.50. The zero-order valence-corrected chi connectivity index (χ0v) is 16.6. The summed E-state index contributed by atoms with van der Waals surface area (Å²) in [6.07, 6.45) is 14.7. The molecule has 3 saturated carbocycles. The molecular formula is C20H36NOSi. The van der Waals surface area contributed by atoms with Crippen LogP contribution in [0.2, 0.25) is 19.6 Å². The zero-order valence-electron chi connectivity index (χ0n) is 15.6. The highest BCUT2D eigenvalue weighted by molar-refractivity contribution is 6.76. The van der Waals surface area contributed by atoms with Crippen molar-refractivity contribution < 1.29 is 4.74 Å². The summed E-state index contributed by atoms with van der Waals surface area (Å²) in [5.41, 5.74) is 0. The van der Waals surface area contributed by atoms with Crippen molar-refractivity contribution in [3.63, 3.8) is 0 Å².